The molecule has 0 spiro atoms. The van der Waals surface area contributed by atoms with Crippen molar-refractivity contribution < 1.29 is 0 Å². The second-order valence-corrected chi connectivity index (χ2v) is 4.84. The molecule has 0 saturated heterocycles. The molecule has 1 aromatic rings. The maximum Gasteiger partial charge on any atom is 0.0312 e. The first-order chi connectivity index (χ1) is 7.06. The summed E-state index contributed by atoms with van der Waals surface area (Å²) in [6.45, 7) is 9.63. The molecule has 2 N–H and O–H groups in total. The third kappa shape index (κ3) is 3.03. The quantitative estimate of drug-likeness (QED) is 0.822. The zero-order chi connectivity index (χ0) is 11.4. The van der Waals surface area contributed by atoms with Crippen LogP contribution in [0.15, 0.2) is 18.5 Å². The summed E-state index contributed by atoms with van der Waals surface area (Å²) >= 11 is 0. The summed E-state index contributed by atoms with van der Waals surface area (Å²) in [5.41, 5.74) is 8.08. The van der Waals surface area contributed by atoms with Gasteiger partial charge in [0.1, 0.15) is 0 Å². The Morgan fingerprint density at radius 2 is 1.73 bits per heavy atom. The smallest absolute Gasteiger partial charge is 0.0312 e. The molecule has 1 heterocycles. The van der Waals surface area contributed by atoms with E-state index in [9.17, 15) is 0 Å². The average Bonchev–Trinajstić information content (AvgIpc) is 2.17. The summed E-state index contributed by atoms with van der Waals surface area (Å²) in [7, 11) is 0. The van der Waals surface area contributed by atoms with Gasteiger partial charge in [-0.1, -0.05) is 33.8 Å². The van der Waals surface area contributed by atoms with Gasteiger partial charge in [0.2, 0.25) is 0 Å². The van der Waals surface area contributed by atoms with E-state index in [0.29, 0.717) is 24.3 Å². The van der Waals surface area contributed by atoms with Crippen molar-refractivity contribution in [3.8, 4) is 0 Å². The molecular weight excluding hydrogens is 184 g/mol. The predicted molar refractivity (Wildman–Crippen MR) is 64.5 cm³/mol. The van der Waals surface area contributed by atoms with Crippen molar-refractivity contribution in [1.82, 2.24) is 4.98 Å². The van der Waals surface area contributed by atoms with Gasteiger partial charge in [0.05, 0.1) is 0 Å². The molecule has 1 rings (SSSR count). The zero-order valence-electron chi connectivity index (χ0n) is 10.2. The molecule has 0 aromatic carbocycles. The maximum absolute atomic E-state index is 5.63. The lowest BCUT2D eigenvalue weighted by molar-refractivity contribution is 0.387. The van der Waals surface area contributed by atoms with Crippen LogP contribution < -0.4 is 5.73 Å². The van der Waals surface area contributed by atoms with Crippen molar-refractivity contribution in [3.05, 3.63) is 29.6 Å². The molecule has 0 saturated carbocycles. The highest BCUT2D eigenvalue weighted by Crippen LogP contribution is 2.31. The van der Waals surface area contributed by atoms with E-state index >= 15 is 0 Å². The van der Waals surface area contributed by atoms with Crippen LogP contribution in [-0.2, 0) is 6.54 Å². The predicted octanol–water partition coefficient (Wildman–Crippen LogP) is 2.94. The third-order valence-corrected chi connectivity index (χ3v) is 2.87. The molecule has 0 fully saturated rings. The Balaban J connectivity index is 3.00. The van der Waals surface area contributed by atoms with Gasteiger partial charge in [0, 0.05) is 18.9 Å². The minimum Gasteiger partial charge on any atom is -0.326 e. The van der Waals surface area contributed by atoms with E-state index in [1.54, 1.807) is 0 Å². The second kappa shape index (κ2) is 5.26. The lowest BCUT2D eigenvalue weighted by Crippen LogP contribution is -2.14. The van der Waals surface area contributed by atoms with E-state index < -0.39 is 0 Å². The molecule has 0 unspecified atom stereocenters. The van der Waals surface area contributed by atoms with E-state index in [2.05, 4.69) is 38.7 Å². The highest BCUT2D eigenvalue weighted by atomic mass is 14.6. The van der Waals surface area contributed by atoms with E-state index in [-0.39, 0.29) is 0 Å². The SMILES string of the molecule is CC(C)C(c1cncc(CN)c1)C(C)C. The summed E-state index contributed by atoms with van der Waals surface area (Å²) < 4.78 is 0. The molecule has 2 nitrogen and oxygen atoms in total. The summed E-state index contributed by atoms with van der Waals surface area (Å²) in [5.74, 6) is 1.85. The van der Waals surface area contributed by atoms with Crippen LogP contribution in [0, 0.1) is 11.8 Å². The Hall–Kier alpha value is -0.890. The Labute approximate surface area is 92.9 Å². The first kappa shape index (κ1) is 12.2. The fraction of sp³-hybridized carbons (Fsp3) is 0.615. The fourth-order valence-electron chi connectivity index (χ4n) is 2.34. The minimum absolute atomic E-state index is 0.573. The molecule has 0 atom stereocenters. The van der Waals surface area contributed by atoms with Crippen LogP contribution in [0.5, 0.6) is 0 Å². The van der Waals surface area contributed by atoms with Crippen LogP contribution in [0.3, 0.4) is 0 Å². The van der Waals surface area contributed by atoms with E-state index in [0.717, 1.165) is 5.56 Å². The Kier molecular flexibility index (Phi) is 4.28. The van der Waals surface area contributed by atoms with Crippen molar-refractivity contribution in [2.75, 3.05) is 0 Å². The summed E-state index contributed by atoms with van der Waals surface area (Å²) in [5, 5.41) is 0. The fourth-order valence-corrected chi connectivity index (χ4v) is 2.34. The van der Waals surface area contributed by atoms with Crippen molar-refractivity contribution in [1.29, 1.82) is 0 Å². The zero-order valence-corrected chi connectivity index (χ0v) is 10.2. The number of pyridine rings is 1. The van der Waals surface area contributed by atoms with Crippen LogP contribution in [0.4, 0.5) is 0 Å². The standard InChI is InChI=1S/C13H22N2/c1-9(2)13(10(3)4)12-5-11(6-14)7-15-8-12/h5,7-10,13H,6,14H2,1-4H3. The van der Waals surface area contributed by atoms with Crippen molar-refractivity contribution in [2.24, 2.45) is 17.6 Å². The maximum atomic E-state index is 5.63. The van der Waals surface area contributed by atoms with E-state index in [1.807, 2.05) is 12.4 Å². The molecule has 1 aromatic heterocycles. The van der Waals surface area contributed by atoms with Crippen LogP contribution in [0.2, 0.25) is 0 Å². The minimum atomic E-state index is 0.573. The molecule has 2 heteroatoms. The number of hydrogen-bond donors (Lipinski definition) is 1. The van der Waals surface area contributed by atoms with Gasteiger partial charge in [-0.05, 0) is 28.9 Å². The van der Waals surface area contributed by atoms with Gasteiger partial charge in [-0.15, -0.1) is 0 Å². The number of hydrogen-bond acceptors (Lipinski definition) is 2. The Morgan fingerprint density at radius 3 is 2.20 bits per heavy atom. The molecule has 0 aliphatic carbocycles. The summed E-state index contributed by atoms with van der Waals surface area (Å²) in [6, 6.07) is 2.19. The van der Waals surface area contributed by atoms with Gasteiger partial charge >= 0.3 is 0 Å². The van der Waals surface area contributed by atoms with Gasteiger partial charge in [0.15, 0.2) is 0 Å². The van der Waals surface area contributed by atoms with Crippen molar-refractivity contribution in [2.45, 2.75) is 40.2 Å². The van der Waals surface area contributed by atoms with Gasteiger partial charge in [-0.25, -0.2) is 0 Å². The van der Waals surface area contributed by atoms with Crippen molar-refractivity contribution in [3.63, 3.8) is 0 Å². The number of nitrogens with zero attached hydrogens (tertiary/aromatic N) is 1. The number of nitrogens with two attached hydrogens (primary N) is 1. The molecule has 0 amide bonds. The van der Waals surface area contributed by atoms with Crippen LogP contribution >= 0.6 is 0 Å². The van der Waals surface area contributed by atoms with Gasteiger partial charge in [-0.2, -0.15) is 0 Å². The molecule has 15 heavy (non-hydrogen) atoms. The average molecular weight is 206 g/mol. The summed E-state index contributed by atoms with van der Waals surface area (Å²) in [4.78, 5) is 4.26. The lowest BCUT2D eigenvalue weighted by Gasteiger charge is -2.25. The van der Waals surface area contributed by atoms with Crippen LogP contribution in [0.1, 0.15) is 44.7 Å². The largest absolute Gasteiger partial charge is 0.326 e. The van der Waals surface area contributed by atoms with Crippen LogP contribution in [0.25, 0.3) is 0 Å². The molecule has 0 radical (unpaired) electrons. The molecule has 84 valence electrons. The molecular formula is C13H22N2. The topological polar surface area (TPSA) is 38.9 Å². The first-order valence-electron chi connectivity index (χ1n) is 5.70. The molecule has 0 aliphatic rings. The number of aromatic nitrogens is 1. The first-order valence-corrected chi connectivity index (χ1v) is 5.70. The highest BCUT2D eigenvalue weighted by molar-refractivity contribution is 5.22. The van der Waals surface area contributed by atoms with Gasteiger partial charge < -0.3 is 5.73 Å². The Bertz CT molecular complexity index is 297. The molecule has 0 bridgehead atoms. The van der Waals surface area contributed by atoms with Crippen LogP contribution in [-0.4, -0.2) is 4.98 Å². The molecule has 0 aliphatic heterocycles. The van der Waals surface area contributed by atoms with Gasteiger partial charge in [-0.3, -0.25) is 4.98 Å². The Morgan fingerprint density at radius 1 is 1.13 bits per heavy atom. The monoisotopic (exact) mass is 206 g/mol. The normalized spacial score (nSPS) is 11.7. The van der Waals surface area contributed by atoms with E-state index in [4.69, 9.17) is 5.73 Å². The van der Waals surface area contributed by atoms with E-state index in [1.165, 1.54) is 5.56 Å². The van der Waals surface area contributed by atoms with Crippen molar-refractivity contribution >= 4 is 0 Å². The third-order valence-electron chi connectivity index (χ3n) is 2.87. The number of rotatable bonds is 4. The van der Waals surface area contributed by atoms with Gasteiger partial charge in [0.25, 0.3) is 0 Å². The lowest BCUT2D eigenvalue weighted by atomic mass is 9.80. The summed E-state index contributed by atoms with van der Waals surface area (Å²) in [6.07, 6.45) is 3.82. The highest BCUT2D eigenvalue weighted by Gasteiger charge is 2.19. The second-order valence-electron chi connectivity index (χ2n) is 4.84.